The molecule has 0 atom stereocenters. The lowest BCUT2D eigenvalue weighted by Crippen LogP contribution is -2.39. The minimum atomic E-state index is -3.39. The first kappa shape index (κ1) is 24.1. The van der Waals surface area contributed by atoms with E-state index in [2.05, 4.69) is 19.9 Å². The number of benzene rings is 1. The lowest BCUT2D eigenvalue weighted by molar-refractivity contribution is 0.0625. The van der Waals surface area contributed by atoms with Gasteiger partial charge in [0.05, 0.1) is 4.90 Å². The van der Waals surface area contributed by atoms with Crippen molar-refractivity contribution in [2.75, 3.05) is 40.9 Å². The third-order valence-electron chi connectivity index (χ3n) is 4.74. The number of rotatable bonds is 7. The van der Waals surface area contributed by atoms with Crippen LogP contribution in [-0.2, 0) is 21.3 Å². The van der Waals surface area contributed by atoms with Crippen molar-refractivity contribution in [1.29, 1.82) is 0 Å². The minimum absolute atomic E-state index is 0. The molecule has 154 valence electrons. The highest BCUT2D eigenvalue weighted by atomic mass is 127. The summed E-state index contributed by atoms with van der Waals surface area (Å²) in [6, 6.07) is 6.85. The predicted molar refractivity (Wildman–Crippen MR) is 119 cm³/mol. The topological polar surface area (TPSA) is 83.0 Å². The summed E-state index contributed by atoms with van der Waals surface area (Å²) in [5.41, 5.74) is 0.999. The molecule has 0 saturated carbocycles. The Morgan fingerprint density at radius 2 is 1.89 bits per heavy atom. The molecule has 1 aliphatic rings. The van der Waals surface area contributed by atoms with Crippen LogP contribution in [0.4, 0.5) is 0 Å². The number of ether oxygens (including phenoxy) is 1. The zero-order chi connectivity index (χ0) is 19.0. The van der Waals surface area contributed by atoms with Gasteiger partial charge in [0.15, 0.2) is 5.96 Å². The van der Waals surface area contributed by atoms with Gasteiger partial charge in [0.25, 0.3) is 0 Å². The molecule has 2 rings (SSSR count). The van der Waals surface area contributed by atoms with Crippen LogP contribution in [0.5, 0.6) is 0 Å². The molecule has 1 heterocycles. The summed E-state index contributed by atoms with van der Waals surface area (Å²) in [6.07, 6.45) is 3.42. The highest BCUT2D eigenvalue weighted by Gasteiger charge is 2.15. The molecule has 9 heteroatoms. The van der Waals surface area contributed by atoms with Gasteiger partial charge in [-0.1, -0.05) is 12.1 Å². The summed E-state index contributed by atoms with van der Waals surface area (Å²) in [5.74, 6) is 1.56. The molecular weight excluding hydrogens is 479 g/mol. The van der Waals surface area contributed by atoms with Gasteiger partial charge in [-0.25, -0.2) is 13.1 Å². The molecule has 0 amide bonds. The number of aliphatic imine (C=N–C) groups is 1. The Kier molecular flexibility index (Phi) is 10.6. The monoisotopic (exact) mass is 510 g/mol. The number of guanidine groups is 1. The van der Waals surface area contributed by atoms with E-state index in [0.29, 0.717) is 6.54 Å². The molecule has 0 unspecified atom stereocenters. The summed E-state index contributed by atoms with van der Waals surface area (Å²) in [4.78, 5) is 6.74. The van der Waals surface area contributed by atoms with Crippen molar-refractivity contribution in [2.24, 2.45) is 10.9 Å². The van der Waals surface area contributed by atoms with Gasteiger partial charge >= 0.3 is 0 Å². The zero-order valence-electron chi connectivity index (χ0n) is 16.3. The van der Waals surface area contributed by atoms with E-state index < -0.39 is 10.0 Å². The predicted octanol–water partition coefficient (Wildman–Crippen LogP) is 2.04. The summed E-state index contributed by atoms with van der Waals surface area (Å²) in [6.45, 7) is 3.29. The molecule has 1 aliphatic heterocycles. The molecule has 7 nitrogen and oxygen atoms in total. The third kappa shape index (κ3) is 7.55. The normalized spacial score (nSPS) is 15.9. The van der Waals surface area contributed by atoms with E-state index in [1.165, 1.54) is 7.05 Å². The maximum atomic E-state index is 11.8. The van der Waals surface area contributed by atoms with E-state index in [9.17, 15) is 8.42 Å². The van der Waals surface area contributed by atoms with Crippen LogP contribution in [0.3, 0.4) is 0 Å². The van der Waals surface area contributed by atoms with Gasteiger partial charge in [-0.05, 0) is 49.9 Å². The summed E-state index contributed by atoms with van der Waals surface area (Å²) < 4.78 is 31.2. The lowest BCUT2D eigenvalue weighted by Gasteiger charge is -2.26. The van der Waals surface area contributed by atoms with Crippen LogP contribution in [0.2, 0.25) is 0 Å². The Hall–Kier alpha value is -0.910. The van der Waals surface area contributed by atoms with Gasteiger partial charge in [-0.15, -0.1) is 24.0 Å². The summed E-state index contributed by atoms with van der Waals surface area (Å²) in [5, 5.41) is 3.33. The number of hydrogen-bond acceptors (Lipinski definition) is 4. The van der Waals surface area contributed by atoms with Crippen molar-refractivity contribution in [2.45, 2.75) is 30.7 Å². The van der Waals surface area contributed by atoms with Gasteiger partial charge < -0.3 is 15.0 Å². The van der Waals surface area contributed by atoms with Crippen LogP contribution in [0, 0.1) is 5.92 Å². The molecule has 0 bridgehead atoms. The Morgan fingerprint density at radius 1 is 1.26 bits per heavy atom. The molecule has 0 radical (unpaired) electrons. The number of nitrogens with one attached hydrogen (secondary N) is 2. The highest BCUT2D eigenvalue weighted by Crippen LogP contribution is 2.18. The molecule has 0 spiro atoms. The molecule has 0 aromatic heterocycles. The number of sulfonamides is 1. The number of nitrogens with zero attached hydrogens (tertiary/aromatic N) is 2. The summed E-state index contributed by atoms with van der Waals surface area (Å²) >= 11 is 0. The first-order valence-electron chi connectivity index (χ1n) is 8.98. The maximum Gasteiger partial charge on any atom is 0.240 e. The average Bonchev–Trinajstić information content (AvgIpc) is 2.68. The van der Waals surface area contributed by atoms with Crippen LogP contribution in [0.1, 0.15) is 24.8 Å². The maximum absolute atomic E-state index is 11.8. The van der Waals surface area contributed by atoms with E-state index in [0.717, 1.165) is 56.5 Å². The summed E-state index contributed by atoms with van der Waals surface area (Å²) in [7, 11) is 1.83. The Labute approximate surface area is 180 Å². The molecule has 0 aliphatic carbocycles. The SMILES string of the molecule is CN=C(NCc1ccc(S(=O)(=O)NC)cc1)N(C)CCC1CCOCC1.I. The van der Waals surface area contributed by atoms with Gasteiger partial charge in [0.2, 0.25) is 10.0 Å². The zero-order valence-corrected chi connectivity index (χ0v) is 19.4. The molecule has 27 heavy (non-hydrogen) atoms. The fourth-order valence-electron chi connectivity index (χ4n) is 2.99. The van der Waals surface area contributed by atoms with Crippen LogP contribution in [0.15, 0.2) is 34.2 Å². The first-order valence-corrected chi connectivity index (χ1v) is 10.5. The largest absolute Gasteiger partial charge is 0.381 e. The molecular formula is C18H31IN4O3S. The quantitative estimate of drug-likeness (QED) is 0.334. The van der Waals surface area contributed by atoms with Crippen LogP contribution < -0.4 is 10.0 Å². The van der Waals surface area contributed by atoms with Crippen LogP contribution >= 0.6 is 24.0 Å². The van der Waals surface area contributed by atoms with Crippen molar-refractivity contribution >= 4 is 40.0 Å². The van der Waals surface area contributed by atoms with Crippen molar-refractivity contribution in [3.05, 3.63) is 29.8 Å². The molecule has 1 saturated heterocycles. The second-order valence-corrected chi connectivity index (χ2v) is 8.40. The van der Waals surface area contributed by atoms with Crippen molar-refractivity contribution < 1.29 is 13.2 Å². The second kappa shape index (κ2) is 11.8. The third-order valence-corrected chi connectivity index (χ3v) is 6.17. The van der Waals surface area contributed by atoms with E-state index in [1.807, 2.05) is 19.2 Å². The molecule has 1 aromatic carbocycles. The fourth-order valence-corrected chi connectivity index (χ4v) is 3.72. The second-order valence-electron chi connectivity index (χ2n) is 6.52. The van der Waals surface area contributed by atoms with E-state index in [4.69, 9.17) is 4.74 Å². The minimum Gasteiger partial charge on any atom is -0.381 e. The van der Waals surface area contributed by atoms with Crippen LogP contribution in [0.25, 0.3) is 0 Å². The van der Waals surface area contributed by atoms with Crippen molar-refractivity contribution in [3.63, 3.8) is 0 Å². The smallest absolute Gasteiger partial charge is 0.240 e. The van der Waals surface area contributed by atoms with Gasteiger partial charge in [0.1, 0.15) is 0 Å². The molecule has 2 N–H and O–H groups in total. The molecule has 1 aromatic rings. The number of hydrogen-bond donors (Lipinski definition) is 2. The van der Waals surface area contributed by atoms with Gasteiger partial charge in [0, 0.05) is 40.4 Å². The Morgan fingerprint density at radius 3 is 2.44 bits per heavy atom. The van der Waals surface area contributed by atoms with Gasteiger partial charge in [-0.2, -0.15) is 0 Å². The fraction of sp³-hybridized carbons (Fsp3) is 0.611. The number of halogens is 1. The average molecular weight is 510 g/mol. The Bertz CT molecular complexity index is 689. The Balaban J connectivity index is 0.00000364. The van der Waals surface area contributed by atoms with E-state index >= 15 is 0 Å². The van der Waals surface area contributed by atoms with Crippen molar-refractivity contribution in [3.8, 4) is 0 Å². The molecule has 1 fully saturated rings. The van der Waals surface area contributed by atoms with Crippen LogP contribution in [-0.4, -0.2) is 60.2 Å². The van der Waals surface area contributed by atoms with Crippen molar-refractivity contribution in [1.82, 2.24) is 14.9 Å². The lowest BCUT2D eigenvalue weighted by atomic mass is 9.96. The highest BCUT2D eigenvalue weighted by molar-refractivity contribution is 14.0. The van der Waals surface area contributed by atoms with E-state index in [-0.39, 0.29) is 28.9 Å². The van der Waals surface area contributed by atoms with E-state index in [1.54, 1.807) is 19.2 Å². The first-order chi connectivity index (χ1) is 12.5. The van der Waals surface area contributed by atoms with Gasteiger partial charge in [-0.3, -0.25) is 4.99 Å². The standard InChI is InChI=1S/C18H30N4O3S.HI/c1-19-18(22(3)11-8-15-9-12-25-13-10-15)21-14-16-4-6-17(7-5-16)26(23,24)20-2;/h4-7,15,20H,8-14H2,1-3H3,(H,19,21);1H.